The molecule has 0 fully saturated rings. The molecular weight excluding hydrogens is 531 g/mol. The highest BCUT2D eigenvalue weighted by atomic mass is 35.5. The highest BCUT2D eigenvalue weighted by Crippen LogP contribution is 2.36. The number of ether oxygens (including phenoxy) is 2. The number of rotatable bonds is 10. The van der Waals surface area contributed by atoms with Crippen LogP contribution in [0.3, 0.4) is 0 Å². The number of hydrogen-bond acceptors (Lipinski definition) is 7. The fourth-order valence-electron chi connectivity index (χ4n) is 3.24. The molecule has 37 heavy (non-hydrogen) atoms. The molecule has 0 aliphatic heterocycles. The van der Waals surface area contributed by atoms with Gasteiger partial charge in [0, 0.05) is 27.2 Å². The number of benzene rings is 3. The van der Waals surface area contributed by atoms with Crippen LogP contribution in [0.4, 0.5) is 10.8 Å². The predicted molar refractivity (Wildman–Crippen MR) is 151 cm³/mol. The smallest absolute Gasteiger partial charge is 0.271 e. The van der Waals surface area contributed by atoms with Gasteiger partial charge in [0.1, 0.15) is 6.61 Å². The van der Waals surface area contributed by atoms with Crippen molar-refractivity contribution < 1.29 is 14.3 Å². The Kier molecular flexibility index (Phi) is 8.79. The number of carbonyl (C=O) groups excluding carboxylic acids is 1. The lowest BCUT2D eigenvalue weighted by Crippen LogP contribution is -2.17. The number of thiazole rings is 1. The number of methoxy groups -OCH3 is 1. The summed E-state index contributed by atoms with van der Waals surface area (Å²) in [6.07, 6.45) is 3.09. The number of hydrazone groups is 1. The van der Waals surface area contributed by atoms with Crippen molar-refractivity contribution in [3.05, 3.63) is 99.9 Å². The van der Waals surface area contributed by atoms with Gasteiger partial charge in [-0.25, -0.2) is 10.4 Å². The van der Waals surface area contributed by atoms with E-state index in [9.17, 15) is 4.79 Å². The number of nitrogens with zero attached hydrogens (tertiary/aromatic N) is 2. The molecule has 0 bridgehead atoms. The lowest BCUT2D eigenvalue weighted by molar-refractivity contribution is 0.0955. The predicted octanol–water partition coefficient (Wildman–Crippen LogP) is 7.20. The molecular formula is C27H22Cl2N4O3S. The number of hydrogen-bond donors (Lipinski definition) is 2. The van der Waals surface area contributed by atoms with Crippen molar-refractivity contribution in [2.75, 3.05) is 19.0 Å². The van der Waals surface area contributed by atoms with E-state index in [0.717, 1.165) is 22.1 Å². The summed E-state index contributed by atoms with van der Waals surface area (Å²) in [6.45, 7) is 3.91. The quantitative estimate of drug-likeness (QED) is 0.123. The summed E-state index contributed by atoms with van der Waals surface area (Å²) in [7, 11) is 1.52. The molecule has 1 heterocycles. The Hall–Kier alpha value is -3.85. The van der Waals surface area contributed by atoms with Gasteiger partial charge in [0.05, 0.1) is 24.0 Å². The van der Waals surface area contributed by atoms with E-state index < -0.39 is 0 Å². The molecule has 0 radical (unpaired) electrons. The van der Waals surface area contributed by atoms with E-state index in [4.69, 9.17) is 32.7 Å². The molecule has 1 aromatic heterocycles. The lowest BCUT2D eigenvalue weighted by atomic mass is 10.1. The molecule has 0 atom stereocenters. The molecule has 4 rings (SSSR count). The van der Waals surface area contributed by atoms with Crippen molar-refractivity contribution in [3.63, 3.8) is 0 Å². The maximum absolute atomic E-state index is 12.5. The molecule has 0 aliphatic rings. The highest BCUT2D eigenvalue weighted by Gasteiger charge is 2.12. The van der Waals surface area contributed by atoms with Crippen LogP contribution in [0.15, 0.2) is 83.8 Å². The van der Waals surface area contributed by atoms with Crippen molar-refractivity contribution in [1.82, 2.24) is 10.4 Å². The number of aromatic nitrogens is 1. The van der Waals surface area contributed by atoms with Crippen LogP contribution in [0.1, 0.15) is 15.9 Å². The van der Waals surface area contributed by atoms with Crippen LogP contribution in [0.5, 0.6) is 11.5 Å². The zero-order valence-electron chi connectivity index (χ0n) is 19.7. The molecule has 4 aromatic rings. The summed E-state index contributed by atoms with van der Waals surface area (Å²) in [4.78, 5) is 17.2. The summed E-state index contributed by atoms with van der Waals surface area (Å²) in [5.74, 6) is 0.514. The first-order chi connectivity index (χ1) is 18.0. The fourth-order valence-corrected chi connectivity index (χ4v) is 4.38. The van der Waals surface area contributed by atoms with Gasteiger partial charge < -0.3 is 14.8 Å². The lowest BCUT2D eigenvalue weighted by Gasteiger charge is -2.11. The second kappa shape index (κ2) is 12.4. The van der Waals surface area contributed by atoms with Crippen LogP contribution in [0.2, 0.25) is 10.0 Å². The van der Waals surface area contributed by atoms with Gasteiger partial charge in [-0.1, -0.05) is 48.0 Å². The van der Waals surface area contributed by atoms with Crippen LogP contribution in [0, 0.1) is 0 Å². The molecule has 0 spiro atoms. The van der Waals surface area contributed by atoms with E-state index in [-0.39, 0.29) is 5.91 Å². The minimum atomic E-state index is -0.352. The summed E-state index contributed by atoms with van der Waals surface area (Å²) in [5, 5.41) is 11.0. The monoisotopic (exact) mass is 552 g/mol. The van der Waals surface area contributed by atoms with Gasteiger partial charge in [0.15, 0.2) is 16.6 Å². The van der Waals surface area contributed by atoms with E-state index >= 15 is 0 Å². The third-order valence-electron chi connectivity index (χ3n) is 5.02. The molecule has 0 saturated heterocycles. The number of amides is 1. The maximum Gasteiger partial charge on any atom is 0.271 e. The molecule has 2 N–H and O–H groups in total. The Morgan fingerprint density at radius 2 is 1.89 bits per heavy atom. The summed E-state index contributed by atoms with van der Waals surface area (Å²) in [6, 6.07) is 17.9. The molecule has 7 nitrogen and oxygen atoms in total. The molecule has 1 amide bonds. The van der Waals surface area contributed by atoms with E-state index in [1.54, 1.807) is 30.3 Å². The van der Waals surface area contributed by atoms with Crippen LogP contribution < -0.4 is 20.2 Å². The first-order valence-electron chi connectivity index (χ1n) is 11.0. The normalized spacial score (nSPS) is 10.8. The minimum Gasteiger partial charge on any atom is -0.493 e. The third kappa shape index (κ3) is 6.89. The average Bonchev–Trinajstić information content (AvgIpc) is 3.37. The van der Waals surface area contributed by atoms with E-state index in [1.165, 1.54) is 24.7 Å². The van der Waals surface area contributed by atoms with Crippen molar-refractivity contribution in [2.45, 2.75) is 0 Å². The summed E-state index contributed by atoms with van der Waals surface area (Å²) < 4.78 is 10.9. The largest absolute Gasteiger partial charge is 0.493 e. The molecule has 188 valence electrons. The standard InChI is InChI=1S/C27H22Cl2N4O3S/c1-3-12-36-25-22(29)13-17(14-24(25)35-2)15-30-33-26(34)19-6-4-18(5-7-19)23-16-37-27(32-23)31-21-10-8-20(28)9-11-21/h3-11,13-16H,1,12H2,2H3,(H,31,32)(H,33,34)/b30-15-. The van der Waals surface area contributed by atoms with Crippen molar-refractivity contribution in [2.24, 2.45) is 5.10 Å². The average molecular weight is 553 g/mol. The van der Waals surface area contributed by atoms with Crippen molar-refractivity contribution in [3.8, 4) is 22.8 Å². The van der Waals surface area contributed by atoms with Crippen molar-refractivity contribution in [1.29, 1.82) is 0 Å². The molecule has 0 saturated carbocycles. The summed E-state index contributed by atoms with van der Waals surface area (Å²) in [5.41, 5.74) is 6.20. The first-order valence-corrected chi connectivity index (χ1v) is 12.6. The second-order valence-corrected chi connectivity index (χ2v) is 9.28. The van der Waals surface area contributed by atoms with Crippen LogP contribution >= 0.6 is 34.5 Å². The Labute approximate surface area is 228 Å². The Morgan fingerprint density at radius 3 is 2.59 bits per heavy atom. The number of anilines is 2. The minimum absolute atomic E-state index is 0.294. The number of halogens is 2. The topological polar surface area (TPSA) is 84.8 Å². The van der Waals surface area contributed by atoms with Gasteiger partial charge in [-0.2, -0.15) is 5.10 Å². The highest BCUT2D eigenvalue weighted by molar-refractivity contribution is 7.14. The fraction of sp³-hybridized carbons (Fsp3) is 0.0741. The Balaban J connectivity index is 1.37. The molecule has 3 aromatic carbocycles. The number of nitrogens with one attached hydrogen (secondary N) is 2. The third-order valence-corrected chi connectivity index (χ3v) is 6.31. The van der Waals surface area contributed by atoms with E-state index in [0.29, 0.717) is 39.3 Å². The van der Waals surface area contributed by atoms with Gasteiger partial charge in [-0.05, 0) is 54.1 Å². The second-order valence-electron chi connectivity index (χ2n) is 7.58. The first kappa shape index (κ1) is 26.2. The number of carbonyl (C=O) groups is 1. The molecule has 0 aliphatic carbocycles. The maximum atomic E-state index is 12.5. The van der Waals surface area contributed by atoms with E-state index in [2.05, 4.69) is 27.4 Å². The SMILES string of the molecule is C=CCOc1c(Cl)cc(/C=N\NC(=O)c2ccc(-c3csc(Nc4ccc(Cl)cc4)n3)cc2)cc1OC. The van der Waals surface area contributed by atoms with Gasteiger partial charge in [0.2, 0.25) is 0 Å². The van der Waals surface area contributed by atoms with Gasteiger partial charge >= 0.3 is 0 Å². The van der Waals surface area contributed by atoms with Gasteiger partial charge in [0.25, 0.3) is 5.91 Å². The van der Waals surface area contributed by atoms with E-state index in [1.807, 2.05) is 41.8 Å². The summed E-state index contributed by atoms with van der Waals surface area (Å²) >= 11 is 13.7. The zero-order valence-corrected chi connectivity index (χ0v) is 22.0. The Morgan fingerprint density at radius 1 is 1.14 bits per heavy atom. The Bertz CT molecular complexity index is 1420. The zero-order chi connectivity index (χ0) is 26.2. The van der Waals surface area contributed by atoms with Crippen molar-refractivity contribution >= 4 is 57.5 Å². The van der Waals surface area contributed by atoms with Crippen LogP contribution in [-0.4, -0.2) is 30.8 Å². The van der Waals surface area contributed by atoms with Gasteiger partial charge in [-0.3, -0.25) is 4.79 Å². The van der Waals surface area contributed by atoms with Crippen LogP contribution in [0.25, 0.3) is 11.3 Å². The van der Waals surface area contributed by atoms with Gasteiger partial charge in [-0.15, -0.1) is 11.3 Å². The van der Waals surface area contributed by atoms with Crippen LogP contribution in [-0.2, 0) is 0 Å². The molecule has 0 unspecified atom stereocenters. The molecule has 10 heteroatoms.